The Balaban J connectivity index is 2.33. The van der Waals surface area contributed by atoms with E-state index in [1.54, 1.807) is 0 Å². The zero-order valence-corrected chi connectivity index (χ0v) is 14.2. The molecule has 0 amide bonds. The largest absolute Gasteiger partial charge is 0.479 e. The Morgan fingerprint density at radius 1 is 0.929 bits per heavy atom. The van der Waals surface area contributed by atoms with Crippen molar-refractivity contribution in [2.24, 2.45) is 0 Å². The van der Waals surface area contributed by atoms with Crippen molar-refractivity contribution in [1.29, 1.82) is 0 Å². The first kappa shape index (κ1) is 21.5. The monoisotopic (exact) mass is 408 g/mol. The van der Waals surface area contributed by atoms with Gasteiger partial charge in [-0.2, -0.15) is 26.3 Å². The summed E-state index contributed by atoms with van der Waals surface area (Å²) in [6.45, 7) is 0.863. The minimum Gasteiger partial charge on any atom is -0.479 e. The number of carboxylic acid groups (broad SMARTS) is 1. The number of carboxylic acids is 1. The highest BCUT2D eigenvalue weighted by atomic mass is 19.4. The van der Waals surface area contributed by atoms with Crippen LogP contribution in [0.2, 0.25) is 0 Å². The fourth-order valence-electron chi connectivity index (χ4n) is 2.33. The first-order valence-electron chi connectivity index (χ1n) is 7.71. The second-order valence-electron chi connectivity index (χ2n) is 6.20. The maximum atomic E-state index is 13.3. The number of benzene rings is 2. The van der Waals surface area contributed by atoms with Gasteiger partial charge in [0, 0.05) is 6.42 Å². The van der Waals surface area contributed by atoms with E-state index in [9.17, 15) is 36.2 Å². The lowest BCUT2D eigenvalue weighted by atomic mass is 9.93. The molecular weight excluding hydrogens is 394 g/mol. The second-order valence-corrected chi connectivity index (χ2v) is 6.20. The molecule has 2 rings (SSSR count). The molecule has 2 N–H and O–H groups in total. The van der Waals surface area contributed by atoms with Gasteiger partial charge in [-0.1, -0.05) is 6.07 Å². The van der Waals surface area contributed by atoms with Crippen LogP contribution in [-0.4, -0.2) is 21.8 Å². The van der Waals surface area contributed by atoms with Crippen LogP contribution in [-0.2, 0) is 23.6 Å². The Morgan fingerprint density at radius 3 is 1.93 bits per heavy atom. The molecule has 0 spiro atoms. The molecule has 0 aliphatic heterocycles. The summed E-state index contributed by atoms with van der Waals surface area (Å²) in [5, 5.41) is 18.6. The predicted molar refractivity (Wildman–Crippen MR) is 84.9 cm³/mol. The topological polar surface area (TPSA) is 66.8 Å². The SMILES string of the molecule is CC(O)(Cc1ccc(Oc2ccc(C(F)(F)F)cc2)cc1C(F)(F)F)C(=O)O. The zero-order chi connectivity index (χ0) is 21.3. The summed E-state index contributed by atoms with van der Waals surface area (Å²) in [5.74, 6) is -2.12. The predicted octanol–water partition coefficient (Wildman–Crippen LogP) is 4.89. The van der Waals surface area contributed by atoms with Crippen molar-refractivity contribution in [2.45, 2.75) is 31.3 Å². The second kappa shape index (κ2) is 7.34. The van der Waals surface area contributed by atoms with E-state index >= 15 is 0 Å². The van der Waals surface area contributed by atoms with E-state index in [-0.39, 0.29) is 11.5 Å². The van der Waals surface area contributed by atoms with E-state index < -0.39 is 47.0 Å². The molecule has 10 heteroatoms. The minimum atomic E-state index is -4.87. The number of rotatable bonds is 5. The molecule has 0 aromatic heterocycles. The van der Waals surface area contributed by atoms with Crippen LogP contribution in [0.3, 0.4) is 0 Å². The van der Waals surface area contributed by atoms with Gasteiger partial charge in [0.15, 0.2) is 5.60 Å². The summed E-state index contributed by atoms with van der Waals surface area (Å²) < 4.78 is 82.7. The van der Waals surface area contributed by atoms with Crippen LogP contribution in [0.4, 0.5) is 26.3 Å². The number of halogens is 6. The van der Waals surface area contributed by atoms with Gasteiger partial charge in [-0.25, -0.2) is 4.79 Å². The molecule has 0 heterocycles. The van der Waals surface area contributed by atoms with Crippen molar-refractivity contribution in [1.82, 2.24) is 0 Å². The smallest absolute Gasteiger partial charge is 0.416 e. The quantitative estimate of drug-likeness (QED) is 0.691. The Labute approximate surface area is 155 Å². The molecule has 0 aliphatic rings. The molecule has 2 aromatic rings. The van der Waals surface area contributed by atoms with E-state index in [1.807, 2.05) is 0 Å². The Morgan fingerprint density at radius 2 is 1.46 bits per heavy atom. The number of carbonyl (C=O) groups is 1. The normalized spacial score (nSPS) is 14.4. The standard InChI is InChI=1S/C18H14F6O4/c1-16(27,15(25)26)9-10-2-5-13(8-14(10)18(22,23)24)28-12-6-3-11(4-7-12)17(19,20)21/h2-8,27H,9H2,1H3,(H,25,26). The summed E-state index contributed by atoms with van der Waals surface area (Å²) in [6.07, 6.45) is -10.2. The lowest BCUT2D eigenvalue weighted by molar-refractivity contribution is -0.157. The van der Waals surface area contributed by atoms with Crippen LogP contribution in [0.25, 0.3) is 0 Å². The van der Waals surface area contributed by atoms with E-state index in [2.05, 4.69) is 0 Å². The van der Waals surface area contributed by atoms with E-state index in [4.69, 9.17) is 9.84 Å². The van der Waals surface area contributed by atoms with Crippen molar-refractivity contribution in [2.75, 3.05) is 0 Å². The van der Waals surface area contributed by atoms with Crippen LogP contribution in [0, 0.1) is 0 Å². The number of ether oxygens (including phenoxy) is 1. The molecule has 152 valence electrons. The molecule has 0 bridgehead atoms. The average Bonchev–Trinajstić information content (AvgIpc) is 2.54. The van der Waals surface area contributed by atoms with Gasteiger partial charge in [-0.05, 0) is 48.9 Å². The first-order chi connectivity index (χ1) is 12.7. The first-order valence-corrected chi connectivity index (χ1v) is 7.71. The summed E-state index contributed by atoms with van der Waals surface area (Å²) in [5.41, 5.74) is -5.06. The lowest BCUT2D eigenvalue weighted by Gasteiger charge is -2.21. The average molecular weight is 408 g/mol. The highest BCUT2D eigenvalue weighted by molar-refractivity contribution is 5.77. The maximum absolute atomic E-state index is 13.3. The molecule has 1 atom stereocenters. The molecular formula is C18H14F6O4. The summed E-state index contributed by atoms with van der Waals surface area (Å²) in [6, 6.07) is 5.99. The van der Waals surface area contributed by atoms with Gasteiger partial charge in [-0.3, -0.25) is 0 Å². The third-order valence-electron chi connectivity index (χ3n) is 3.80. The molecule has 28 heavy (non-hydrogen) atoms. The van der Waals surface area contributed by atoms with Crippen molar-refractivity contribution >= 4 is 5.97 Å². The van der Waals surface area contributed by atoms with Crippen molar-refractivity contribution < 1.29 is 46.1 Å². The Bertz CT molecular complexity index is 854. The Kier molecular flexibility index (Phi) is 5.65. The van der Waals surface area contributed by atoms with Crippen LogP contribution < -0.4 is 4.74 Å². The number of hydrogen-bond acceptors (Lipinski definition) is 3. The Hall–Kier alpha value is -2.75. The third-order valence-corrected chi connectivity index (χ3v) is 3.80. The fraction of sp³-hybridized carbons (Fsp3) is 0.278. The van der Waals surface area contributed by atoms with Gasteiger partial charge in [-0.15, -0.1) is 0 Å². The van der Waals surface area contributed by atoms with Crippen LogP contribution in [0.15, 0.2) is 42.5 Å². The molecule has 0 saturated carbocycles. The summed E-state index contributed by atoms with van der Waals surface area (Å²) >= 11 is 0. The summed E-state index contributed by atoms with van der Waals surface area (Å²) in [4.78, 5) is 11.0. The molecule has 0 radical (unpaired) electrons. The molecule has 4 nitrogen and oxygen atoms in total. The van der Waals surface area contributed by atoms with Crippen molar-refractivity contribution in [3.63, 3.8) is 0 Å². The van der Waals surface area contributed by atoms with E-state index in [0.717, 1.165) is 43.3 Å². The highest BCUT2D eigenvalue weighted by Gasteiger charge is 2.38. The fourth-order valence-corrected chi connectivity index (χ4v) is 2.33. The van der Waals surface area contributed by atoms with Crippen LogP contribution in [0.5, 0.6) is 11.5 Å². The van der Waals surface area contributed by atoms with Gasteiger partial charge in [0.25, 0.3) is 0 Å². The van der Waals surface area contributed by atoms with Gasteiger partial charge in [0.1, 0.15) is 11.5 Å². The number of hydrogen-bond donors (Lipinski definition) is 2. The molecule has 0 aliphatic carbocycles. The number of aliphatic carboxylic acids is 1. The lowest BCUT2D eigenvalue weighted by Crippen LogP contribution is -2.37. The molecule has 0 fully saturated rings. The number of aliphatic hydroxyl groups is 1. The van der Waals surface area contributed by atoms with E-state index in [1.165, 1.54) is 0 Å². The highest BCUT2D eigenvalue weighted by Crippen LogP contribution is 2.37. The molecule has 0 saturated heterocycles. The van der Waals surface area contributed by atoms with Gasteiger partial charge in [0.05, 0.1) is 11.1 Å². The van der Waals surface area contributed by atoms with Gasteiger partial charge >= 0.3 is 18.3 Å². The molecule has 2 aromatic carbocycles. The van der Waals surface area contributed by atoms with Crippen molar-refractivity contribution in [3.8, 4) is 11.5 Å². The van der Waals surface area contributed by atoms with Crippen LogP contribution >= 0.6 is 0 Å². The van der Waals surface area contributed by atoms with Crippen molar-refractivity contribution in [3.05, 3.63) is 59.2 Å². The number of alkyl halides is 6. The maximum Gasteiger partial charge on any atom is 0.416 e. The van der Waals surface area contributed by atoms with Gasteiger partial charge in [0.2, 0.25) is 0 Å². The molecule has 1 unspecified atom stereocenters. The third kappa shape index (κ3) is 5.16. The minimum absolute atomic E-state index is 0.119. The van der Waals surface area contributed by atoms with E-state index in [0.29, 0.717) is 6.07 Å². The summed E-state index contributed by atoms with van der Waals surface area (Å²) in [7, 11) is 0. The zero-order valence-electron chi connectivity index (χ0n) is 14.2. The van der Waals surface area contributed by atoms with Gasteiger partial charge < -0.3 is 14.9 Å². The van der Waals surface area contributed by atoms with Crippen LogP contribution in [0.1, 0.15) is 23.6 Å².